The van der Waals surface area contributed by atoms with Gasteiger partial charge in [0.05, 0.1) is 11.3 Å². The Labute approximate surface area is 152 Å². The molecule has 5 heteroatoms. The largest absolute Gasteiger partial charge is 0.354 e. The van der Waals surface area contributed by atoms with Crippen molar-refractivity contribution in [3.8, 4) is 6.07 Å². The van der Waals surface area contributed by atoms with Crippen molar-refractivity contribution in [3.63, 3.8) is 0 Å². The van der Waals surface area contributed by atoms with E-state index in [1.54, 1.807) is 30.5 Å². The van der Waals surface area contributed by atoms with Gasteiger partial charge in [-0.1, -0.05) is 24.3 Å². The van der Waals surface area contributed by atoms with Crippen LogP contribution in [0.2, 0.25) is 0 Å². The third-order valence-corrected chi connectivity index (χ3v) is 4.17. The first-order valence-corrected chi connectivity index (χ1v) is 8.18. The van der Waals surface area contributed by atoms with Crippen molar-refractivity contribution in [2.24, 2.45) is 0 Å². The Hall–Kier alpha value is -3.65. The Morgan fingerprint density at radius 1 is 1.04 bits per heavy atom. The van der Waals surface area contributed by atoms with E-state index in [1.807, 2.05) is 44.2 Å². The van der Waals surface area contributed by atoms with Gasteiger partial charge in [0.1, 0.15) is 11.8 Å². The average Bonchev–Trinajstić information content (AvgIpc) is 2.66. The summed E-state index contributed by atoms with van der Waals surface area (Å²) in [7, 11) is 0. The topological polar surface area (TPSA) is 77.8 Å². The predicted molar refractivity (Wildman–Crippen MR) is 103 cm³/mol. The summed E-state index contributed by atoms with van der Waals surface area (Å²) in [6.45, 7) is 3.97. The summed E-state index contributed by atoms with van der Waals surface area (Å²) in [4.78, 5) is 16.7. The van der Waals surface area contributed by atoms with E-state index in [4.69, 9.17) is 0 Å². The number of nitrogens with zero attached hydrogens (tertiary/aromatic N) is 2. The number of aryl methyl sites for hydroxylation is 1. The molecule has 2 N–H and O–H groups in total. The van der Waals surface area contributed by atoms with Crippen LogP contribution >= 0.6 is 0 Å². The van der Waals surface area contributed by atoms with Crippen molar-refractivity contribution in [3.05, 3.63) is 83.2 Å². The fourth-order valence-electron chi connectivity index (χ4n) is 2.55. The zero-order valence-corrected chi connectivity index (χ0v) is 14.6. The fraction of sp³-hybridized carbons (Fsp3) is 0.0952. The molecule has 0 atom stereocenters. The molecule has 0 aliphatic rings. The molecule has 26 heavy (non-hydrogen) atoms. The molecule has 0 aliphatic heterocycles. The first-order chi connectivity index (χ1) is 12.6. The molecule has 0 fully saturated rings. The van der Waals surface area contributed by atoms with Crippen LogP contribution in [0.3, 0.4) is 0 Å². The number of nitriles is 1. The second-order valence-electron chi connectivity index (χ2n) is 5.91. The molecule has 0 bridgehead atoms. The fourth-order valence-corrected chi connectivity index (χ4v) is 2.55. The zero-order valence-electron chi connectivity index (χ0n) is 14.6. The highest BCUT2D eigenvalue weighted by Crippen LogP contribution is 2.22. The van der Waals surface area contributed by atoms with Crippen molar-refractivity contribution < 1.29 is 4.79 Å². The highest BCUT2D eigenvalue weighted by Gasteiger charge is 2.11. The van der Waals surface area contributed by atoms with Gasteiger partial charge in [-0.3, -0.25) is 9.78 Å². The number of benzene rings is 2. The maximum absolute atomic E-state index is 12.6. The van der Waals surface area contributed by atoms with Gasteiger partial charge in [0.2, 0.25) is 0 Å². The number of hydrogen-bond acceptors (Lipinski definition) is 4. The first-order valence-electron chi connectivity index (χ1n) is 8.18. The second-order valence-corrected chi connectivity index (χ2v) is 5.91. The average molecular weight is 342 g/mol. The minimum absolute atomic E-state index is 0.282. The van der Waals surface area contributed by atoms with Crippen LogP contribution in [0.25, 0.3) is 0 Å². The number of rotatable bonds is 4. The first kappa shape index (κ1) is 17.2. The van der Waals surface area contributed by atoms with Crippen LogP contribution in [0.15, 0.2) is 60.8 Å². The number of hydrogen-bond donors (Lipinski definition) is 2. The molecule has 0 aliphatic carbocycles. The van der Waals surface area contributed by atoms with Gasteiger partial charge in [0.25, 0.3) is 5.91 Å². The lowest BCUT2D eigenvalue weighted by atomic mass is 10.1. The number of amides is 1. The smallest absolute Gasteiger partial charge is 0.274 e. The van der Waals surface area contributed by atoms with Crippen molar-refractivity contribution in [2.75, 3.05) is 10.6 Å². The number of nitrogens with one attached hydrogen (secondary N) is 2. The third-order valence-electron chi connectivity index (χ3n) is 4.17. The lowest BCUT2D eigenvalue weighted by Crippen LogP contribution is -2.14. The van der Waals surface area contributed by atoms with Gasteiger partial charge in [-0.2, -0.15) is 5.26 Å². The zero-order chi connectivity index (χ0) is 18.5. The van der Waals surface area contributed by atoms with Crippen LogP contribution in [-0.4, -0.2) is 10.9 Å². The predicted octanol–water partition coefficient (Wildman–Crippen LogP) is 4.57. The van der Waals surface area contributed by atoms with Crippen molar-refractivity contribution in [2.45, 2.75) is 13.8 Å². The number of anilines is 3. The van der Waals surface area contributed by atoms with E-state index in [-0.39, 0.29) is 5.91 Å². The Morgan fingerprint density at radius 3 is 2.62 bits per heavy atom. The molecule has 1 aromatic heterocycles. The minimum Gasteiger partial charge on any atom is -0.354 e. The van der Waals surface area contributed by atoms with E-state index >= 15 is 0 Å². The molecule has 0 unspecified atom stereocenters. The molecule has 0 saturated carbocycles. The number of aromatic nitrogens is 1. The molecular weight excluding hydrogens is 324 g/mol. The summed E-state index contributed by atoms with van der Waals surface area (Å²) in [5.74, 6) is -0.282. The van der Waals surface area contributed by atoms with Gasteiger partial charge >= 0.3 is 0 Å². The van der Waals surface area contributed by atoms with Gasteiger partial charge in [0.15, 0.2) is 0 Å². The number of para-hydroxylation sites is 1. The monoisotopic (exact) mass is 342 g/mol. The van der Waals surface area contributed by atoms with Crippen molar-refractivity contribution >= 4 is 23.0 Å². The molecule has 1 amide bonds. The molecule has 0 saturated heterocycles. The van der Waals surface area contributed by atoms with Gasteiger partial charge in [-0.05, 0) is 55.3 Å². The van der Waals surface area contributed by atoms with Gasteiger partial charge in [0, 0.05) is 17.6 Å². The summed E-state index contributed by atoms with van der Waals surface area (Å²) in [6, 6.07) is 18.5. The van der Waals surface area contributed by atoms with Crippen LogP contribution in [0, 0.1) is 25.2 Å². The molecule has 1 heterocycles. The molecule has 0 radical (unpaired) electrons. The molecule has 128 valence electrons. The van der Waals surface area contributed by atoms with Gasteiger partial charge < -0.3 is 10.6 Å². The molecule has 2 aromatic carbocycles. The van der Waals surface area contributed by atoms with Crippen LogP contribution in [0.5, 0.6) is 0 Å². The van der Waals surface area contributed by atoms with E-state index in [9.17, 15) is 10.1 Å². The Kier molecular flexibility index (Phi) is 4.95. The number of carbonyl (C=O) groups is 1. The highest BCUT2D eigenvalue weighted by molar-refractivity contribution is 6.03. The van der Waals surface area contributed by atoms with E-state index in [0.717, 1.165) is 16.8 Å². The molecule has 3 aromatic rings. The quantitative estimate of drug-likeness (QED) is 0.728. The van der Waals surface area contributed by atoms with E-state index < -0.39 is 0 Å². The summed E-state index contributed by atoms with van der Waals surface area (Å²) in [6.07, 6.45) is 1.56. The van der Waals surface area contributed by atoms with Crippen LogP contribution < -0.4 is 10.6 Å². The van der Waals surface area contributed by atoms with E-state index in [0.29, 0.717) is 22.6 Å². The summed E-state index contributed by atoms with van der Waals surface area (Å²) < 4.78 is 0. The second kappa shape index (κ2) is 7.49. The van der Waals surface area contributed by atoms with Crippen LogP contribution in [0.4, 0.5) is 17.1 Å². The molecule has 0 spiro atoms. The Morgan fingerprint density at radius 2 is 1.81 bits per heavy atom. The third kappa shape index (κ3) is 3.70. The maximum atomic E-state index is 12.6. The Balaban J connectivity index is 1.82. The van der Waals surface area contributed by atoms with Gasteiger partial charge in [-0.25, -0.2) is 0 Å². The highest BCUT2D eigenvalue weighted by atomic mass is 16.1. The van der Waals surface area contributed by atoms with E-state index in [2.05, 4.69) is 21.7 Å². The molecule has 5 nitrogen and oxygen atoms in total. The lowest BCUT2D eigenvalue weighted by molar-refractivity contribution is 0.102. The van der Waals surface area contributed by atoms with Crippen LogP contribution in [-0.2, 0) is 0 Å². The maximum Gasteiger partial charge on any atom is 0.274 e. The lowest BCUT2D eigenvalue weighted by Gasteiger charge is -2.11. The van der Waals surface area contributed by atoms with Crippen molar-refractivity contribution in [1.29, 1.82) is 5.26 Å². The normalized spacial score (nSPS) is 10.0. The molecule has 3 rings (SSSR count). The van der Waals surface area contributed by atoms with Crippen LogP contribution in [0.1, 0.15) is 27.2 Å². The number of pyridine rings is 1. The summed E-state index contributed by atoms with van der Waals surface area (Å²) in [5, 5.41) is 15.2. The minimum atomic E-state index is -0.282. The van der Waals surface area contributed by atoms with E-state index in [1.165, 1.54) is 0 Å². The van der Waals surface area contributed by atoms with Crippen molar-refractivity contribution in [1.82, 2.24) is 4.98 Å². The Bertz CT molecular complexity index is 1000. The molecular formula is C21H18N4O. The summed E-state index contributed by atoms with van der Waals surface area (Å²) in [5.41, 5.74) is 5.11. The summed E-state index contributed by atoms with van der Waals surface area (Å²) >= 11 is 0. The SMILES string of the molecule is Cc1cccc(NC(=O)c2cc(Nc3ccccc3C#N)ccn2)c1C. The van der Waals surface area contributed by atoms with Gasteiger partial charge in [-0.15, -0.1) is 0 Å². The standard InChI is InChI=1S/C21H18N4O/c1-14-6-5-9-18(15(14)2)25-21(26)20-12-17(10-11-23-20)24-19-8-4-3-7-16(19)13-22/h3-12H,1-2H3,(H,23,24)(H,25,26). The number of carbonyl (C=O) groups excluding carboxylic acids is 1.